The first-order chi connectivity index (χ1) is 19.4. The number of para-hydroxylation sites is 2. The number of carbonyl (C=O) groups excluding carboxylic acids is 2. The summed E-state index contributed by atoms with van der Waals surface area (Å²) in [6, 6.07) is 27.6. The fourth-order valence-electron chi connectivity index (χ4n) is 4.51. The molecule has 4 aromatic carbocycles. The lowest BCUT2D eigenvalue weighted by molar-refractivity contribution is -0.120. The molecule has 4 aromatic rings. The van der Waals surface area contributed by atoms with Crippen LogP contribution in [0, 0.1) is 5.82 Å². The summed E-state index contributed by atoms with van der Waals surface area (Å²) < 4.78 is 20.3. The highest BCUT2D eigenvalue weighted by atomic mass is 35.5. The van der Waals surface area contributed by atoms with Crippen LogP contribution in [0.5, 0.6) is 5.75 Å². The number of hydrogen-bond donors (Lipinski definition) is 0. The van der Waals surface area contributed by atoms with E-state index in [0.29, 0.717) is 45.4 Å². The summed E-state index contributed by atoms with van der Waals surface area (Å²) in [5, 5.41) is 0.380. The number of halogens is 2. The number of benzene rings is 4. The van der Waals surface area contributed by atoms with E-state index < -0.39 is 11.8 Å². The number of amides is 2. The van der Waals surface area contributed by atoms with E-state index in [1.807, 2.05) is 19.1 Å². The van der Waals surface area contributed by atoms with Gasteiger partial charge in [-0.3, -0.25) is 19.4 Å². The molecular formula is C32H24ClFN2O3S. The number of anilines is 2. The van der Waals surface area contributed by atoms with Gasteiger partial charge in [0, 0.05) is 17.0 Å². The second kappa shape index (κ2) is 11.8. The van der Waals surface area contributed by atoms with E-state index in [2.05, 4.69) is 0 Å². The van der Waals surface area contributed by atoms with Gasteiger partial charge in [0.15, 0.2) is 5.11 Å². The van der Waals surface area contributed by atoms with Crippen LogP contribution in [0.2, 0.25) is 5.02 Å². The molecule has 1 heterocycles. The molecule has 0 N–H and O–H groups in total. The predicted octanol–water partition coefficient (Wildman–Crippen LogP) is 7.22. The Balaban J connectivity index is 1.61. The molecular weight excluding hydrogens is 547 g/mol. The largest absolute Gasteiger partial charge is 0.494 e. The zero-order chi connectivity index (χ0) is 28.2. The molecule has 1 aliphatic rings. The quantitative estimate of drug-likeness (QED) is 0.134. The molecule has 40 heavy (non-hydrogen) atoms. The molecule has 0 bridgehead atoms. The molecule has 0 unspecified atom stereocenters. The van der Waals surface area contributed by atoms with Crippen molar-refractivity contribution in [3.05, 3.63) is 130 Å². The molecule has 0 aromatic heterocycles. The molecule has 200 valence electrons. The van der Waals surface area contributed by atoms with Crippen molar-refractivity contribution in [3.63, 3.8) is 0 Å². The summed E-state index contributed by atoms with van der Waals surface area (Å²) in [5.74, 6) is -1.02. The minimum atomic E-state index is -0.558. The van der Waals surface area contributed by atoms with Gasteiger partial charge in [0.05, 0.1) is 18.0 Å². The molecule has 8 heteroatoms. The number of hydrogen-bond acceptors (Lipinski definition) is 4. The predicted molar refractivity (Wildman–Crippen MR) is 160 cm³/mol. The molecule has 0 saturated carbocycles. The van der Waals surface area contributed by atoms with Crippen molar-refractivity contribution in [1.82, 2.24) is 0 Å². The van der Waals surface area contributed by atoms with Gasteiger partial charge in [0.25, 0.3) is 11.8 Å². The Morgan fingerprint density at radius 3 is 1.95 bits per heavy atom. The van der Waals surface area contributed by atoms with Crippen LogP contribution in [-0.2, 0) is 16.0 Å². The topological polar surface area (TPSA) is 49.9 Å². The lowest BCUT2D eigenvalue weighted by atomic mass is 9.99. The van der Waals surface area contributed by atoms with Gasteiger partial charge in [-0.05, 0) is 78.8 Å². The highest BCUT2D eigenvalue weighted by Crippen LogP contribution is 2.34. The van der Waals surface area contributed by atoms with Crippen LogP contribution in [-0.4, -0.2) is 23.5 Å². The molecule has 5 nitrogen and oxygen atoms in total. The summed E-state index contributed by atoms with van der Waals surface area (Å²) in [4.78, 5) is 30.3. The first-order valence-corrected chi connectivity index (χ1v) is 13.4. The summed E-state index contributed by atoms with van der Waals surface area (Å²) in [7, 11) is 0. The maximum Gasteiger partial charge on any atom is 0.270 e. The summed E-state index contributed by atoms with van der Waals surface area (Å²) >= 11 is 12.4. The second-order valence-electron chi connectivity index (χ2n) is 8.97. The van der Waals surface area contributed by atoms with E-state index in [1.54, 1.807) is 78.9 Å². The van der Waals surface area contributed by atoms with Gasteiger partial charge in [-0.25, -0.2) is 4.39 Å². The molecule has 0 atom stereocenters. The molecule has 1 aliphatic heterocycles. The van der Waals surface area contributed by atoms with Crippen molar-refractivity contribution < 1.29 is 18.7 Å². The summed E-state index contributed by atoms with van der Waals surface area (Å²) in [6.07, 6.45) is 1.70. The molecule has 2 amide bonds. The Hall–Kier alpha value is -4.33. The van der Waals surface area contributed by atoms with E-state index in [-0.39, 0.29) is 22.9 Å². The Labute approximate surface area is 242 Å². The monoisotopic (exact) mass is 570 g/mol. The summed E-state index contributed by atoms with van der Waals surface area (Å²) in [6.45, 7) is 2.17. The normalized spacial score (nSPS) is 13.6. The van der Waals surface area contributed by atoms with Crippen LogP contribution in [0.25, 0.3) is 6.08 Å². The second-order valence-corrected chi connectivity index (χ2v) is 9.75. The lowest BCUT2D eigenvalue weighted by Crippen LogP contribution is -2.56. The Bertz CT molecular complexity index is 1560. The molecule has 5 rings (SSSR count). The Kier molecular flexibility index (Phi) is 8.05. The van der Waals surface area contributed by atoms with Crippen LogP contribution in [0.1, 0.15) is 23.6 Å². The zero-order valence-electron chi connectivity index (χ0n) is 21.5. The molecule has 1 saturated heterocycles. The van der Waals surface area contributed by atoms with Crippen LogP contribution < -0.4 is 14.5 Å². The average Bonchev–Trinajstić information content (AvgIpc) is 2.95. The molecule has 0 aliphatic carbocycles. The van der Waals surface area contributed by atoms with Gasteiger partial charge in [-0.15, -0.1) is 0 Å². The number of carbonyl (C=O) groups is 2. The van der Waals surface area contributed by atoms with E-state index >= 15 is 0 Å². The third-order valence-corrected chi connectivity index (χ3v) is 7.09. The van der Waals surface area contributed by atoms with Gasteiger partial charge in [0.1, 0.15) is 17.1 Å². The lowest BCUT2D eigenvalue weighted by Gasteiger charge is -2.36. The number of ether oxygens (including phenoxy) is 1. The maximum absolute atomic E-state index is 14.4. The van der Waals surface area contributed by atoms with E-state index in [9.17, 15) is 14.0 Å². The Morgan fingerprint density at radius 1 is 0.850 bits per heavy atom. The highest BCUT2D eigenvalue weighted by molar-refractivity contribution is 7.81. The van der Waals surface area contributed by atoms with Crippen LogP contribution >= 0.6 is 23.8 Å². The first kappa shape index (κ1) is 27.2. The van der Waals surface area contributed by atoms with Gasteiger partial charge in [-0.1, -0.05) is 66.2 Å². The minimum Gasteiger partial charge on any atom is -0.494 e. The molecule has 0 radical (unpaired) electrons. The van der Waals surface area contributed by atoms with Crippen LogP contribution in [0.3, 0.4) is 0 Å². The first-order valence-electron chi connectivity index (χ1n) is 12.6. The maximum atomic E-state index is 14.4. The van der Waals surface area contributed by atoms with Gasteiger partial charge < -0.3 is 4.74 Å². The van der Waals surface area contributed by atoms with Gasteiger partial charge in [0.2, 0.25) is 0 Å². The SMILES string of the molecule is CCOc1cc(C=C2C(=O)N(c3ccccc3)C(=S)N(c3ccccc3)C2=O)cc(Cl)c1Cc1ccccc1F. The van der Waals surface area contributed by atoms with E-state index in [1.165, 1.54) is 21.9 Å². The standard InChI is InChI=1S/C32H24ClFN2O3S/c1-2-39-29-19-21(18-27(33)25(29)20-22-11-9-10-16-28(22)34)17-26-30(37)35(23-12-5-3-6-13-23)32(40)36(31(26)38)24-14-7-4-8-15-24/h3-19H,2,20H2,1H3. The smallest absolute Gasteiger partial charge is 0.270 e. The number of rotatable bonds is 7. The van der Waals surface area contributed by atoms with Crippen molar-refractivity contribution in [3.8, 4) is 5.75 Å². The number of nitrogens with zero attached hydrogens (tertiary/aromatic N) is 2. The van der Waals surface area contributed by atoms with Gasteiger partial charge >= 0.3 is 0 Å². The van der Waals surface area contributed by atoms with Crippen LogP contribution in [0.4, 0.5) is 15.8 Å². The molecule has 1 fully saturated rings. The van der Waals surface area contributed by atoms with Crippen molar-refractivity contribution in [2.45, 2.75) is 13.3 Å². The van der Waals surface area contributed by atoms with Gasteiger partial charge in [-0.2, -0.15) is 0 Å². The third kappa shape index (κ3) is 5.39. The third-order valence-electron chi connectivity index (χ3n) is 6.39. The number of thiocarbonyl (C=S) groups is 1. The highest BCUT2D eigenvalue weighted by Gasteiger charge is 2.41. The average molecular weight is 571 g/mol. The Morgan fingerprint density at radius 2 is 1.40 bits per heavy atom. The zero-order valence-corrected chi connectivity index (χ0v) is 23.1. The van der Waals surface area contributed by atoms with Crippen molar-refractivity contribution in [1.29, 1.82) is 0 Å². The van der Waals surface area contributed by atoms with E-state index in [4.69, 9.17) is 28.6 Å². The van der Waals surface area contributed by atoms with Crippen molar-refractivity contribution >= 4 is 58.2 Å². The van der Waals surface area contributed by atoms with Crippen LogP contribution in [0.15, 0.2) is 103 Å². The fourth-order valence-corrected chi connectivity index (χ4v) is 5.17. The van der Waals surface area contributed by atoms with Crippen molar-refractivity contribution in [2.75, 3.05) is 16.4 Å². The fraction of sp³-hybridized carbons (Fsp3) is 0.0938. The minimum absolute atomic E-state index is 0.0535. The van der Waals surface area contributed by atoms with E-state index in [0.717, 1.165) is 0 Å². The molecule has 0 spiro atoms. The van der Waals surface area contributed by atoms with Crippen molar-refractivity contribution in [2.24, 2.45) is 0 Å². The summed E-state index contributed by atoms with van der Waals surface area (Å²) in [5.41, 5.74) is 2.53.